The SMILES string of the molecule is Cc1ccccc1OCCCC(=O)N1CCC2(CC1)CC2C(=O)O. The number of amides is 1. The standard InChI is InChI=1S/C19H25NO4/c1-14-5-2-3-6-16(14)24-12-4-7-17(21)20-10-8-19(9-11-20)13-15(19)18(22)23/h2-3,5-6,15H,4,7-13H2,1H3,(H,22,23). The van der Waals surface area contributed by atoms with Crippen LogP contribution < -0.4 is 4.74 Å². The zero-order valence-corrected chi connectivity index (χ0v) is 14.2. The third-order valence-corrected chi connectivity index (χ3v) is 5.49. The Morgan fingerprint density at radius 3 is 2.62 bits per heavy atom. The Kier molecular flexibility index (Phi) is 4.78. The van der Waals surface area contributed by atoms with Crippen LogP contribution in [-0.4, -0.2) is 41.6 Å². The molecule has 1 atom stereocenters. The molecule has 1 saturated carbocycles. The molecule has 2 fully saturated rings. The predicted molar refractivity (Wildman–Crippen MR) is 89.9 cm³/mol. The first kappa shape index (κ1) is 16.8. The number of nitrogens with zero attached hydrogens (tertiary/aromatic N) is 1. The normalized spacial score (nSPS) is 21.5. The van der Waals surface area contributed by atoms with Crippen LogP contribution in [-0.2, 0) is 9.59 Å². The predicted octanol–water partition coefficient (Wildman–Crippen LogP) is 2.87. The average Bonchev–Trinajstić information content (AvgIpc) is 3.27. The fourth-order valence-electron chi connectivity index (χ4n) is 3.73. The molecular weight excluding hydrogens is 306 g/mol. The summed E-state index contributed by atoms with van der Waals surface area (Å²) in [6, 6.07) is 7.87. The Morgan fingerprint density at radius 2 is 2.00 bits per heavy atom. The zero-order chi connectivity index (χ0) is 17.2. The highest BCUT2D eigenvalue weighted by molar-refractivity contribution is 5.77. The van der Waals surface area contributed by atoms with Crippen LogP contribution >= 0.6 is 0 Å². The number of likely N-dealkylation sites (tertiary alicyclic amines) is 1. The van der Waals surface area contributed by atoms with E-state index in [0.717, 1.165) is 30.6 Å². The topological polar surface area (TPSA) is 66.8 Å². The Labute approximate surface area is 142 Å². The number of hydrogen-bond acceptors (Lipinski definition) is 3. The summed E-state index contributed by atoms with van der Waals surface area (Å²) in [5.74, 6) is 0.171. The van der Waals surface area contributed by atoms with Gasteiger partial charge in [-0.25, -0.2) is 0 Å². The van der Waals surface area contributed by atoms with Gasteiger partial charge >= 0.3 is 5.97 Å². The second-order valence-corrected chi connectivity index (χ2v) is 7.06. The molecule has 0 aromatic heterocycles. The van der Waals surface area contributed by atoms with Crippen LogP contribution in [0.1, 0.15) is 37.7 Å². The average molecular weight is 331 g/mol. The van der Waals surface area contributed by atoms with Crippen molar-refractivity contribution in [2.45, 2.75) is 39.0 Å². The molecular formula is C19H25NO4. The molecule has 5 nitrogen and oxygen atoms in total. The minimum absolute atomic E-state index is 0.0173. The molecule has 1 saturated heterocycles. The molecule has 2 aliphatic rings. The fraction of sp³-hybridized carbons (Fsp3) is 0.579. The second kappa shape index (κ2) is 6.83. The van der Waals surface area contributed by atoms with Crippen LogP contribution in [0.3, 0.4) is 0 Å². The summed E-state index contributed by atoms with van der Waals surface area (Å²) in [4.78, 5) is 25.2. The van der Waals surface area contributed by atoms with Crippen molar-refractivity contribution in [3.05, 3.63) is 29.8 Å². The van der Waals surface area contributed by atoms with Crippen LogP contribution in [0.5, 0.6) is 5.75 Å². The molecule has 1 unspecified atom stereocenters. The first-order chi connectivity index (χ1) is 11.5. The third-order valence-electron chi connectivity index (χ3n) is 5.49. The van der Waals surface area contributed by atoms with Gasteiger partial charge in [0.05, 0.1) is 12.5 Å². The highest BCUT2D eigenvalue weighted by Gasteiger charge is 2.59. The molecule has 1 aromatic rings. The number of carboxylic acid groups (broad SMARTS) is 1. The van der Waals surface area contributed by atoms with Crippen LogP contribution in [0.25, 0.3) is 0 Å². The summed E-state index contributed by atoms with van der Waals surface area (Å²) >= 11 is 0. The van der Waals surface area contributed by atoms with E-state index in [2.05, 4.69) is 0 Å². The molecule has 0 radical (unpaired) electrons. The quantitative estimate of drug-likeness (QED) is 0.814. The molecule has 3 rings (SSSR count). The van der Waals surface area contributed by atoms with Crippen LogP contribution in [0.4, 0.5) is 0 Å². The Balaban J connectivity index is 1.36. The van der Waals surface area contributed by atoms with Gasteiger partial charge in [0.25, 0.3) is 0 Å². The number of carbonyl (C=O) groups excluding carboxylic acids is 1. The number of hydrogen-bond donors (Lipinski definition) is 1. The van der Waals surface area contributed by atoms with Crippen molar-refractivity contribution in [2.24, 2.45) is 11.3 Å². The molecule has 24 heavy (non-hydrogen) atoms. The molecule has 1 aromatic carbocycles. The molecule has 0 bridgehead atoms. The van der Waals surface area contributed by atoms with Gasteiger partial charge in [0.1, 0.15) is 5.75 Å². The molecule has 1 heterocycles. The number of aliphatic carboxylic acids is 1. The fourth-order valence-corrected chi connectivity index (χ4v) is 3.73. The van der Waals surface area contributed by atoms with Gasteiger partial charge in [-0.3, -0.25) is 9.59 Å². The number of carboxylic acids is 1. The number of benzene rings is 1. The van der Waals surface area contributed by atoms with Gasteiger partial charge in [-0.2, -0.15) is 0 Å². The van der Waals surface area contributed by atoms with Gasteiger partial charge < -0.3 is 14.7 Å². The second-order valence-electron chi connectivity index (χ2n) is 7.06. The summed E-state index contributed by atoms with van der Waals surface area (Å²) in [6.45, 7) is 3.93. The maximum atomic E-state index is 12.3. The number of para-hydroxylation sites is 1. The van der Waals surface area contributed by atoms with Crippen molar-refractivity contribution >= 4 is 11.9 Å². The minimum Gasteiger partial charge on any atom is -0.493 e. The zero-order valence-electron chi connectivity index (χ0n) is 14.2. The van der Waals surface area contributed by atoms with E-state index in [-0.39, 0.29) is 17.2 Å². The summed E-state index contributed by atoms with van der Waals surface area (Å²) in [5, 5.41) is 9.11. The van der Waals surface area contributed by atoms with Crippen molar-refractivity contribution in [1.82, 2.24) is 4.90 Å². The van der Waals surface area contributed by atoms with Gasteiger partial charge in [0.2, 0.25) is 5.91 Å². The Hall–Kier alpha value is -2.04. The number of aryl methyl sites for hydroxylation is 1. The summed E-state index contributed by atoms with van der Waals surface area (Å²) in [7, 11) is 0. The number of carbonyl (C=O) groups is 2. The molecule has 1 N–H and O–H groups in total. The lowest BCUT2D eigenvalue weighted by atomic mass is 9.90. The van der Waals surface area contributed by atoms with E-state index in [9.17, 15) is 9.59 Å². The molecule has 1 aliphatic heterocycles. The highest BCUT2D eigenvalue weighted by atomic mass is 16.5. The van der Waals surface area contributed by atoms with Crippen molar-refractivity contribution in [2.75, 3.05) is 19.7 Å². The van der Waals surface area contributed by atoms with Gasteiger partial charge in [-0.05, 0) is 49.7 Å². The lowest BCUT2D eigenvalue weighted by Crippen LogP contribution is -2.40. The van der Waals surface area contributed by atoms with Crippen molar-refractivity contribution in [3.8, 4) is 5.75 Å². The lowest BCUT2D eigenvalue weighted by Gasteiger charge is -2.32. The van der Waals surface area contributed by atoms with Crippen LogP contribution in [0.2, 0.25) is 0 Å². The monoisotopic (exact) mass is 331 g/mol. The van der Waals surface area contributed by atoms with Gasteiger partial charge in [0, 0.05) is 19.5 Å². The number of rotatable bonds is 6. The number of ether oxygens (including phenoxy) is 1. The van der Waals surface area contributed by atoms with E-state index in [4.69, 9.17) is 9.84 Å². The lowest BCUT2D eigenvalue weighted by molar-refractivity contribution is -0.139. The van der Waals surface area contributed by atoms with E-state index in [1.165, 1.54) is 0 Å². The largest absolute Gasteiger partial charge is 0.493 e. The maximum Gasteiger partial charge on any atom is 0.307 e. The van der Waals surface area contributed by atoms with Gasteiger partial charge in [-0.1, -0.05) is 18.2 Å². The van der Waals surface area contributed by atoms with Crippen molar-refractivity contribution in [3.63, 3.8) is 0 Å². The van der Waals surface area contributed by atoms with Crippen LogP contribution in [0, 0.1) is 18.3 Å². The van der Waals surface area contributed by atoms with E-state index in [1.807, 2.05) is 36.1 Å². The Bertz CT molecular complexity index is 620. The summed E-state index contributed by atoms with van der Waals surface area (Å²) in [5.41, 5.74) is 1.08. The van der Waals surface area contributed by atoms with E-state index < -0.39 is 5.97 Å². The first-order valence-electron chi connectivity index (χ1n) is 8.71. The molecule has 5 heteroatoms. The van der Waals surface area contributed by atoms with Gasteiger partial charge in [0.15, 0.2) is 0 Å². The molecule has 1 aliphatic carbocycles. The minimum atomic E-state index is -0.678. The maximum absolute atomic E-state index is 12.3. The van der Waals surface area contributed by atoms with E-state index >= 15 is 0 Å². The third kappa shape index (κ3) is 3.55. The van der Waals surface area contributed by atoms with Crippen molar-refractivity contribution < 1.29 is 19.4 Å². The molecule has 1 amide bonds. The van der Waals surface area contributed by atoms with E-state index in [1.54, 1.807) is 0 Å². The smallest absolute Gasteiger partial charge is 0.307 e. The number of piperidine rings is 1. The molecule has 1 spiro atoms. The van der Waals surface area contributed by atoms with Gasteiger partial charge in [-0.15, -0.1) is 0 Å². The summed E-state index contributed by atoms with van der Waals surface area (Å²) < 4.78 is 5.72. The Morgan fingerprint density at radius 1 is 1.29 bits per heavy atom. The van der Waals surface area contributed by atoms with E-state index in [0.29, 0.717) is 32.5 Å². The first-order valence-corrected chi connectivity index (χ1v) is 8.71. The highest BCUT2D eigenvalue weighted by Crippen LogP contribution is 2.59. The summed E-state index contributed by atoms with van der Waals surface area (Å²) in [6.07, 6.45) is 3.63. The molecule has 130 valence electrons. The van der Waals surface area contributed by atoms with Crippen molar-refractivity contribution in [1.29, 1.82) is 0 Å². The van der Waals surface area contributed by atoms with Crippen LogP contribution in [0.15, 0.2) is 24.3 Å².